The summed E-state index contributed by atoms with van der Waals surface area (Å²) >= 11 is 0. The molecule has 1 unspecified atom stereocenters. The molecule has 130 valence electrons. The lowest BCUT2D eigenvalue weighted by Crippen LogP contribution is -2.26. The van der Waals surface area contributed by atoms with Crippen LogP contribution in [-0.2, 0) is 17.9 Å². The van der Waals surface area contributed by atoms with Gasteiger partial charge in [0.1, 0.15) is 18.2 Å². The van der Waals surface area contributed by atoms with E-state index in [4.69, 9.17) is 9.47 Å². The van der Waals surface area contributed by atoms with E-state index in [-0.39, 0.29) is 24.8 Å². The molecule has 2 aromatic carbocycles. The van der Waals surface area contributed by atoms with Crippen molar-refractivity contribution < 1.29 is 13.9 Å². The third kappa shape index (κ3) is 5.20. The van der Waals surface area contributed by atoms with Crippen molar-refractivity contribution in [2.24, 2.45) is 0 Å². The molecular formula is C19H23ClFNO2. The Morgan fingerprint density at radius 1 is 1.08 bits per heavy atom. The van der Waals surface area contributed by atoms with Crippen molar-refractivity contribution >= 4 is 12.4 Å². The molecule has 1 atom stereocenters. The second-order valence-electron chi connectivity index (χ2n) is 5.75. The minimum atomic E-state index is -0.235. The maximum Gasteiger partial charge on any atom is 0.129 e. The fraction of sp³-hybridized carbons (Fsp3) is 0.368. The zero-order valence-corrected chi connectivity index (χ0v) is 14.4. The van der Waals surface area contributed by atoms with Crippen molar-refractivity contribution in [2.45, 2.75) is 32.1 Å². The average Bonchev–Trinajstić information content (AvgIpc) is 3.09. The van der Waals surface area contributed by atoms with Gasteiger partial charge in [-0.05, 0) is 25.0 Å². The highest BCUT2D eigenvalue weighted by atomic mass is 35.5. The first-order valence-electron chi connectivity index (χ1n) is 8.09. The van der Waals surface area contributed by atoms with Crippen LogP contribution >= 0.6 is 12.4 Å². The molecule has 1 saturated heterocycles. The van der Waals surface area contributed by atoms with Gasteiger partial charge in [0.2, 0.25) is 0 Å². The molecule has 5 heteroatoms. The molecule has 0 radical (unpaired) electrons. The number of hydrogen-bond donors (Lipinski definition) is 1. The van der Waals surface area contributed by atoms with Crippen molar-refractivity contribution in [3.63, 3.8) is 0 Å². The first kappa shape index (κ1) is 18.7. The summed E-state index contributed by atoms with van der Waals surface area (Å²) in [6.45, 7) is 2.67. The Bertz CT molecular complexity index is 632. The van der Waals surface area contributed by atoms with Crippen molar-refractivity contribution in [1.29, 1.82) is 0 Å². The number of para-hydroxylation sites is 1. The smallest absolute Gasteiger partial charge is 0.129 e. The van der Waals surface area contributed by atoms with Gasteiger partial charge in [-0.1, -0.05) is 36.4 Å². The summed E-state index contributed by atoms with van der Waals surface area (Å²) in [6, 6.07) is 14.6. The number of halogens is 2. The minimum Gasteiger partial charge on any atom is -0.488 e. The van der Waals surface area contributed by atoms with Crippen LogP contribution in [0.25, 0.3) is 0 Å². The van der Waals surface area contributed by atoms with Gasteiger partial charge in [-0.2, -0.15) is 0 Å². The van der Waals surface area contributed by atoms with Gasteiger partial charge in [0.25, 0.3) is 0 Å². The highest BCUT2D eigenvalue weighted by Gasteiger charge is 2.14. The molecule has 0 amide bonds. The zero-order valence-electron chi connectivity index (χ0n) is 13.5. The van der Waals surface area contributed by atoms with Gasteiger partial charge in [-0.25, -0.2) is 4.39 Å². The van der Waals surface area contributed by atoms with Gasteiger partial charge in [-0.3, -0.25) is 0 Å². The second kappa shape index (κ2) is 9.62. The molecule has 1 aliphatic heterocycles. The SMILES string of the molecule is Cl.Fc1ccccc1COc1ccccc1CNCC1CCCO1. The van der Waals surface area contributed by atoms with Crippen LogP contribution in [0.2, 0.25) is 0 Å². The second-order valence-corrected chi connectivity index (χ2v) is 5.75. The van der Waals surface area contributed by atoms with Gasteiger partial charge < -0.3 is 14.8 Å². The molecule has 0 saturated carbocycles. The van der Waals surface area contributed by atoms with Gasteiger partial charge in [-0.15, -0.1) is 12.4 Å². The largest absolute Gasteiger partial charge is 0.488 e. The van der Waals surface area contributed by atoms with Crippen LogP contribution in [0, 0.1) is 5.82 Å². The Morgan fingerprint density at radius 3 is 2.58 bits per heavy atom. The number of rotatable bonds is 7. The first-order chi connectivity index (χ1) is 11.3. The molecule has 0 aromatic heterocycles. The Kier molecular flexibility index (Phi) is 7.50. The lowest BCUT2D eigenvalue weighted by molar-refractivity contribution is 0.110. The van der Waals surface area contributed by atoms with Crippen molar-refractivity contribution in [3.8, 4) is 5.75 Å². The Balaban J connectivity index is 0.00000208. The first-order valence-corrected chi connectivity index (χ1v) is 8.09. The lowest BCUT2D eigenvalue weighted by Gasteiger charge is -2.14. The standard InChI is InChI=1S/C19H22FNO2.ClH/c20-18-9-3-1-7-16(18)14-23-19-10-4-2-6-15(19)12-21-13-17-8-5-11-22-17;/h1-4,6-7,9-10,17,21H,5,8,11-14H2;1H. The van der Waals surface area contributed by atoms with Gasteiger partial charge in [0, 0.05) is 30.8 Å². The summed E-state index contributed by atoms with van der Waals surface area (Å²) in [5, 5.41) is 3.41. The maximum absolute atomic E-state index is 13.7. The van der Waals surface area contributed by atoms with Crippen LogP contribution in [0.1, 0.15) is 24.0 Å². The summed E-state index contributed by atoms with van der Waals surface area (Å²) in [7, 11) is 0. The van der Waals surface area contributed by atoms with E-state index in [0.717, 1.165) is 37.3 Å². The van der Waals surface area contributed by atoms with E-state index in [1.807, 2.05) is 30.3 Å². The number of ether oxygens (including phenoxy) is 2. The Hall–Kier alpha value is -1.62. The van der Waals surface area contributed by atoms with E-state index in [0.29, 0.717) is 18.2 Å². The van der Waals surface area contributed by atoms with E-state index in [1.54, 1.807) is 12.1 Å². The topological polar surface area (TPSA) is 30.5 Å². The number of benzene rings is 2. The fourth-order valence-corrected chi connectivity index (χ4v) is 2.73. The summed E-state index contributed by atoms with van der Waals surface area (Å²) in [5.41, 5.74) is 1.64. The normalized spacial score (nSPS) is 16.6. The predicted molar refractivity (Wildman–Crippen MR) is 95.1 cm³/mol. The van der Waals surface area contributed by atoms with E-state index >= 15 is 0 Å². The van der Waals surface area contributed by atoms with Crippen LogP contribution in [-0.4, -0.2) is 19.3 Å². The van der Waals surface area contributed by atoms with Gasteiger partial charge in [0.15, 0.2) is 0 Å². The molecule has 0 spiro atoms. The Morgan fingerprint density at radius 2 is 1.83 bits per heavy atom. The summed E-state index contributed by atoms with van der Waals surface area (Å²) < 4.78 is 25.1. The van der Waals surface area contributed by atoms with Gasteiger partial charge in [0.05, 0.1) is 6.10 Å². The zero-order chi connectivity index (χ0) is 15.9. The molecule has 0 aliphatic carbocycles. The van der Waals surface area contributed by atoms with Crippen molar-refractivity contribution in [1.82, 2.24) is 5.32 Å². The quantitative estimate of drug-likeness (QED) is 0.814. The molecule has 1 N–H and O–H groups in total. The van der Waals surface area contributed by atoms with E-state index in [9.17, 15) is 4.39 Å². The van der Waals surface area contributed by atoms with E-state index in [2.05, 4.69) is 5.32 Å². The third-order valence-electron chi connectivity index (χ3n) is 4.03. The Labute approximate surface area is 148 Å². The van der Waals surface area contributed by atoms with E-state index < -0.39 is 0 Å². The average molecular weight is 352 g/mol. The number of hydrogen-bond acceptors (Lipinski definition) is 3. The van der Waals surface area contributed by atoms with Crippen LogP contribution in [0.3, 0.4) is 0 Å². The fourth-order valence-electron chi connectivity index (χ4n) is 2.73. The van der Waals surface area contributed by atoms with Crippen LogP contribution in [0.15, 0.2) is 48.5 Å². The molecule has 1 fully saturated rings. The summed E-state index contributed by atoms with van der Waals surface area (Å²) in [5.74, 6) is 0.553. The molecular weight excluding hydrogens is 329 g/mol. The van der Waals surface area contributed by atoms with Crippen LogP contribution in [0.4, 0.5) is 4.39 Å². The summed E-state index contributed by atoms with van der Waals surface area (Å²) in [6.07, 6.45) is 2.59. The van der Waals surface area contributed by atoms with E-state index in [1.165, 1.54) is 6.07 Å². The van der Waals surface area contributed by atoms with Crippen molar-refractivity contribution in [2.75, 3.05) is 13.2 Å². The minimum absolute atomic E-state index is 0. The third-order valence-corrected chi connectivity index (χ3v) is 4.03. The summed E-state index contributed by atoms with van der Waals surface area (Å²) in [4.78, 5) is 0. The molecule has 3 nitrogen and oxygen atoms in total. The van der Waals surface area contributed by atoms with Crippen LogP contribution < -0.4 is 10.1 Å². The molecule has 3 rings (SSSR count). The molecule has 1 aliphatic rings. The van der Waals surface area contributed by atoms with Gasteiger partial charge >= 0.3 is 0 Å². The maximum atomic E-state index is 13.7. The molecule has 2 aromatic rings. The highest BCUT2D eigenvalue weighted by molar-refractivity contribution is 5.85. The molecule has 24 heavy (non-hydrogen) atoms. The molecule has 1 heterocycles. The highest BCUT2D eigenvalue weighted by Crippen LogP contribution is 2.20. The monoisotopic (exact) mass is 351 g/mol. The van der Waals surface area contributed by atoms with Crippen LogP contribution in [0.5, 0.6) is 5.75 Å². The number of nitrogens with one attached hydrogen (secondary N) is 1. The lowest BCUT2D eigenvalue weighted by atomic mass is 10.2. The predicted octanol–water partition coefficient (Wildman–Crippen LogP) is 4.10. The van der Waals surface area contributed by atoms with Crippen molar-refractivity contribution in [3.05, 3.63) is 65.5 Å². The molecule has 0 bridgehead atoms.